The van der Waals surface area contributed by atoms with E-state index in [1.807, 2.05) is 19.1 Å². The molecule has 0 bridgehead atoms. The van der Waals surface area contributed by atoms with Crippen molar-refractivity contribution >= 4 is 27.9 Å². The van der Waals surface area contributed by atoms with Crippen molar-refractivity contribution in [3.05, 3.63) is 58.1 Å². The maximum atomic E-state index is 11.9. The van der Waals surface area contributed by atoms with Crippen LogP contribution in [0.1, 0.15) is 29.8 Å². The molecule has 0 unspecified atom stereocenters. The van der Waals surface area contributed by atoms with Crippen molar-refractivity contribution in [3.8, 4) is 11.5 Å². The molecule has 0 saturated carbocycles. The summed E-state index contributed by atoms with van der Waals surface area (Å²) in [4.78, 5) is 23.6. The SMILES string of the molecule is Cc1ccc(OCC(=O)Oc2ccc(C(=O)OC(C)C)cc2)c(Br)c1. The number of esters is 2. The van der Waals surface area contributed by atoms with Gasteiger partial charge < -0.3 is 14.2 Å². The van der Waals surface area contributed by atoms with Gasteiger partial charge in [-0.3, -0.25) is 0 Å². The number of aryl methyl sites for hydroxylation is 1. The summed E-state index contributed by atoms with van der Waals surface area (Å²) >= 11 is 3.38. The molecule has 0 atom stereocenters. The minimum atomic E-state index is -0.537. The average Bonchev–Trinajstić information content (AvgIpc) is 2.54. The number of ether oxygens (including phenoxy) is 3. The van der Waals surface area contributed by atoms with E-state index in [1.165, 1.54) is 12.1 Å². The van der Waals surface area contributed by atoms with Crippen molar-refractivity contribution in [2.75, 3.05) is 6.61 Å². The Bertz CT molecular complexity index is 753. The fraction of sp³-hybridized carbons (Fsp3) is 0.263. The van der Waals surface area contributed by atoms with Crippen LogP contribution in [0.3, 0.4) is 0 Å². The Labute approximate surface area is 155 Å². The lowest BCUT2D eigenvalue weighted by Gasteiger charge is -2.10. The third-order valence-corrected chi connectivity index (χ3v) is 3.72. The van der Waals surface area contributed by atoms with Crippen molar-refractivity contribution in [2.45, 2.75) is 26.9 Å². The van der Waals surface area contributed by atoms with Gasteiger partial charge in [0.15, 0.2) is 6.61 Å². The van der Waals surface area contributed by atoms with Crippen molar-refractivity contribution < 1.29 is 23.8 Å². The smallest absolute Gasteiger partial charge is 0.349 e. The topological polar surface area (TPSA) is 61.8 Å². The summed E-state index contributed by atoms with van der Waals surface area (Å²) in [6, 6.07) is 11.7. The standard InChI is InChI=1S/C19H19BrO5/c1-12(2)24-19(22)14-5-7-15(8-6-14)25-18(21)11-23-17-9-4-13(3)10-16(17)20/h4-10,12H,11H2,1-3H3. The molecule has 0 aromatic heterocycles. The van der Waals surface area contributed by atoms with E-state index in [1.54, 1.807) is 32.0 Å². The number of benzene rings is 2. The van der Waals surface area contributed by atoms with E-state index in [9.17, 15) is 9.59 Å². The Hall–Kier alpha value is -2.34. The molecule has 0 saturated heterocycles. The number of carbonyl (C=O) groups is 2. The lowest BCUT2D eigenvalue weighted by molar-refractivity contribution is -0.136. The van der Waals surface area contributed by atoms with Crippen LogP contribution < -0.4 is 9.47 Å². The highest BCUT2D eigenvalue weighted by Gasteiger charge is 2.11. The molecular weight excluding hydrogens is 388 g/mol. The molecular formula is C19H19BrO5. The van der Waals surface area contributed by atoms with Gasteiger partial charge in [0.1, 0.15) is 11.5 Å². The highest BCUT2D eigenvalue weighted by atomic mass is 79.9. The van der Waals surface area contributed by atoms with Crippen molar-refractivity contribution in [1.82, 2.24) is 0 Å². The van der Waals surface area contributed by atoms with Crippen LogP contribution in [0.15, 0.2) is 46.9 Å². The van der Waals surface area contributed by atoms with Crippen LogP contribution in [0.25, 0.3) is 0 Å². The molecule has 0 spiro atoms. The van der Waals surface area contributed by atoms with Crippen LogP contribution in [-0.4, -0.2) is 24.6 Å². The summed E-state index contributed by atoms with van der Waals surface area (Å²) in [5, 5.41) is 0. The second-order valence-corrected chi connectivity index (χ2v) is 6.53. The summed E-state index contributed by atoms with van der Waals surface area (Å²) in [7, 11) is 0. The maximum Gasteiger partial charge on any atom is 0.349 e. The van der Waals surface area contributed by atoms with Gasteiger partial charge in [-0.2, -0.15) is 0 Å². The lowest BCUT2D eigenvalue weighted by Crippen LogP contribution is -2.18. The van der Waals surface area contributed by atoms with Gasteiger partial charge in [0, 0.05) is 0 Å². The predicted octanol–water partition coefficient (Wildman–Crippen LogP) is 4.31. The first-order chi connectivity index (χ1) is 11.8. The fourth-order valence-corrected chi connectivity index (χ4v) is 2.57. The molecule has 0 aliphatic carbocycles. The van der Waals surface area contributed by atoms with Crippen molar-refractivity contribution in [1.29, 1.82) is 0 Å². The van der Waals surface area contributed by atoms with Gasteiger partial charge in [-0.1, -0.05) is 6.07 Å². The molecule has 0 aliphatic rings. The van der Waals surface area contributed by atoms with Gasteiger partial charge >= 0.3 is 11.9 Å². The van der Waals surface area contributed by atoms with Crippen molar-refractivity contribution in [3.63, 3.8) is 0 Å². The van der Waals surface area contributed by atoms with Gasteiger partial charge in [-0.25, -0.2) is 9.59 Å². The summed E-state index contributed by atoms with van der Waals surface area (Å²) < 4.78 is 16.5. The minimum Gasteiger partial charge on any atom is -0.481 e. The first kappa shape index (κ1) is 19.0. The van der Waals surface area contributed by atoms with Crippen LogP contribution in [0.5, 0.6) is 11.5 Å². The summed E-state index contributed by atoms with van der Waals surface area (Å²) in [5.74, 6) is -0.0580. The predicted molar refractivity (Wildman–Crippen MR) is 97.0 cm³/mol. The van der Waals surface area contributed by atoms with E-state index < -0.39 is 11.9 Å². The van der Waals surface area contributed by atoms with Gasteiger partial charge in [0.05, 0.1) is 16.1 Å². The normalized spacial score (nSPS) is 10.4. The first-order valence-electron chi connectivity index (χ1n) is 7.76. The largest absolute Gasteiger partial charge is 0.481 e. The Morgan fingerprint density at radius 2 is 1.76 bits per heavy atom. The molecule has 0 radical (unpaired) electrons. The molecule has 2 aromatic carbocycles. The Kier molecular flexibility index (Phi) is 6.58. The molecule has 5 nitrogen and oxygen atoms in total. The number of halogens is 1. The van der Waals surface area contributed by atoms with E-state index in [4.69, 9.17) is 14.2 Å². The Morgan fingerprint density at radius 1 is 1.08 bits per heavy atom. The summed E-state index contributed by atoms with van der Waals surface area (Å²) in [6.07, 6.45) is -0.191. The lowest BCUT2D eigenvalue weighted by atomic mass is 10.2. The average molecular weight is 407 g/mol. The van der Waals surface area contributed by atoms with Gasteiger partial charge in [0.25, 0.3) is 0 Å². The van der Waals surface area contributed by atoms with E-state index in [-0.39, 0.29) is 12.7 Å². The summed E-state index contributed by atoms with van der Waals surface area (Å²) in [5.41, 5.74) is 1.48. The number of hydrogen-bond acceptors (Lipinski definition) is 5. The molecule has 25 heavy (non-hydrogen) atoms. The molecule has 0 fully saturated rings. The van der Waals surface area contributed by atoms with Crippen LogP contribution in [-0.2, 0) is 9.53 Å². The minimum absolute atomic E-state index is 0.191. The van der Waals surface area contributed by atoms with Gasteiger partial charge in [0.2, 0.25) is 0 Å². The Balaban J connectivity index is 1.89. The monoisotopic (exact) mass is 406 g/mol. The highest BCUT2D eigenvalue weighted by molar-refractivity contribution is 9.10. The fourth-order valence-electron chi connectivity index (χ4n) is 1.96. The van der Waals surface area contributed by atoms with E-state index in [0.717, 1.165) is 10.0 Å². The highest BCUT2D eigenvalue weighted by Crippen LogP contribution is 2.25. The van der Waals surface area contributed by atoms with Crippen LogP contribution in [0.4, 0.5) is 0 Å². The van der Waals surface area contributed by atoms with E-state index in [2.05, 4.69) is 15.9 Å². The van der Waals surface area contributed by atoms with Gasteiger partial charge in [-0.15, -0.1) is 0 Å². The van der Waals surface area contributed by atoms with Crippen LogP contribution in [0, 0.1) is 6.92 Å². The third kappa shape index (κ3) is 5.90. The quantitative estimate of drug-likeness (QED) is 0.528. The molecule has 0 heterocycles. The Morgan fingerprint density at radius 3 is 2.36 bits per heavy atom. The molecule has 6 heteroatoms. The molecule has 2 aromatic rings. The number of carbonyl (C=O) groups excluding carboxylic acids is 2. The maximum absolute atomic E-state index is 11.9. The first-order valence-corrected chi connectivity index (χ1v) is 8.55. The summed E-state index contributed by atoms with van der Waals surface area (Å²) in [6.45, 7) is 5.29. The molecule has 0 aliphatic heterocycles. The zero-order valence-electron chi connectivity index (χ0n) is 14.2. The zero-order chi connectivity index (χ0) is 18.4. The molecule has 2 rings (SSSR count). The molecule has 132 valence electrons. The van der Waals surface area contributed by atoms with Gasteiger partial charge in [-0.05, 0) is 78.7 Å². The molecule has 0 N–H and O–H groups in total. The molecule has 0 amide bonds. The number of hydrogen-bond donors (Lipinski definition) is 0. The zero-order valence-corrected chi connectivity index (χ0v) is 15.8. The van der Waals surface area contributed by atoms with E-state index >= 15 is 0 Å². The van der Waals surface area contributed by atoms with Crippen LogP contribution >= 0.6 is 15.9 Å². The van der Waals surface area contributed by atoms with Crippen molar-refractivity contribution in [2.24, 2.45) is 0 Å². The third-order valence-electron chi connectivity index (χ3n) is 3.10. The van der Waals surface area contributed by atoms with Crippen LogP contribution in [0.2, 0.25) is 0 Å². The second kappa shape index (κ2) is 8.67. The second-order valence-electron chi connectivity index (χ2n) is 5.68. The number of rotatable bonds is 6. The van der Waals surface area contributed by atoms with E-state index in [0.29, 0.717) is 17.1 Å².